The summed E-state index contributed by atoms with van der Waals surface area (Å²) in [6, 6.07) is 11.8. The van der Waals surface area contributed by atoms with Crippen LogP contribution in [0.3, 0.4) is 0 Å². The molecule has 0 fully saturated rings. The van der Waals surface area contributed by atoms with Crippen LogP contribution in [0, 0.1) is 20.8 Å². The second kappa shape index (κ2) is 6.71. The van der Waals surface area contributed by atoms with Gasteiger partial charge in [-0.05, 0) is 61.7 Å². The van der Waals surface area contributed by atoms with Crippen LogP contribution in [0.15, 0.2) is 48.8 Å². The Balaban J connectivity index is 1.98. The first-order valence-corrected chi connectivity index (χ1v) is 9.25. The number of nitrogens with two attached hydrogens (primary N) is 1. The molecule has 2 N–H and O–H groups in total. The Morgan fingerprint density at radius 3 is 2.48 bits per heavy atom. The number of pyridine rings is 2. The lowest BCUT2D eigenvalue weighted by molar-refractivity contribution is 0.790. The van der Waals surface area contributed by atoms with Crippen molar-refractivity contribution in [3.8, 4) is 11.3 Å². The van der Waals surface area contributed by atoms with Crippen LogP contribution >= 0.6 is 11.6 Å². The molecule has 4 rings (SSSR count). The number of hydrogen-bond acceptors (Lipinski definition) is 3. The summed E-state index contributed by atoms with van der Waals surface area (Å²) in [6.45, 7) is 6.97. The van der Waals surface area contributed by atoms with Gasteiger partial charge in [-0.25, -0.2) is 4.98 Å². The molecule has 27 heavy (non-hydrogen) atoms. The fourth-order valence-electron chi connectivity index (χ4n) is 3.57. The number of nitrogens with zero attached hydrogens (tertiary/aromatic N) is 3. The van der Waals surface area contributed by atoms with Gasteiger partial charge in [-0.3, -0.25) is 4.98 Å². The molecule has 1 aromatic carbocycles. The zero-order chi connectivity index (χ0) is 19.1. The molecular formula is C22H21ClN4. The lowest BCUT2D eigenvalue weighted by Crippen LogP contribution is -2.05. The highest BCUT2D eigenvalue weighted by Crippen LogP contribution is 2.36. The Kier molecular flexibility index (Phi) is 4.36. The third-order valence-electron chi connectivity index (χ3n) is 5.24. The number of aryl methyl sites for hydroxylation is 1. The number of halogens is 1. The fraction of sp³-hybridized carbons (Fsp3) is 0.182. The summed E-state index contributed by atoms with van der Waals surface area (Å²) in [7, 11) is 0. The summed E-state index contributed by atoms with van der Waals surface area (Å²) in [5.41, 5.74) is 14.6. The summed E-state index contributed by atoms with van der Waals surface area (Å²) in [4.78, 5) is 9.14. The Labute approximate surface area is 163 Å². The lowest BCUT2D eigenvalue weighted by atomic mass is 10.0. The number of rotatable bonds is 3. The second-order valence-corrected chi connectivity index (χ2v) is 7.30. The van der Waals surface area contributed by atoms with Crippen molar-refractivity contribution in [1.82, 2.24) is 14.5 Å². The van der Waals surface area contributed by atoms with Crippen molar-refractivity contribution in [1.29, 1.82) is 0 Å². The normalized spacial score (nSPS) is 11.3. The van der Waals surface area contributed by atoms with Crippen molar-refractivity contribution in [2.24, 2.45) is 0 Å². The summed E-state index contributed by atoms with van der Waals surface area (Å²) < 4.78 is 2.23. The average molecular weight is 377 g/mol. The van der Waals surface area contributed by atoms with E-state index in [1.165, 1.54) is 16.8 Å². The molecule has 0 aliphatic carbocycles. The lowest BCUT2D eigenvalue weighted by Gasteiger charge is -2.12. The van der Waals surface area contributed by atoms with E-state index in [0.29, 0.717) is 5.02 Å². The highest BCUT2D eigenvalue weighted by molar-refractivity contribution is 6.30. The van der Waals surface area contributed by atoms with Gasteiger partial charge in [0.25, 0.3) is 0 Å². The molecular weight excluding hydrogens is 356 g/mol. The Morgan fingerprint density at radius 1 is 1.04 bits per heavy atom. The Bertz CT molecular complexity index is 1150. The van der Waals surface area contributed by atoms with Crippen LogP contribution in [-0.2, 0) is 6.54 Å². The maximum absolute atomic E-state index is 6.57. The molecule has 4 aromatic rings. The first kappa shape index (κ1) is 17.6. The summed E-state index contributed by atoms with van der Waals surface area (Å²) in [5, 5.41) is 1.72. The van der Waals surface area contributed by atoms with E-state index in [9.17, 15) is 0 Å². The molecule has 0 spiro atoms. The topological polar surface area (TPSA) is 56.7 Å². The van der Waals surface area contributed by atoms with Gasteiger partial charge >= 0.3 is 0 Å². The number of nitrogen functional groups attached to an aromatic ring is 1. The van der Waals surface area contributed by atoms with E-state index < -0.39 is 0 Å². The molecule has 0 aliphatic heterocycles. The number of aromatic nitrogens is 3. The standard InChI is InChI=1S/C22H21ClN4/c1-13-15(3)27(12-16-7-9-25-10-8-16)22-19(13)20(24)14(2)21(26-22)17-5-4-6-18(23)11-17/h4-11H,12H2,1-3H3,(H2,24,26). The van der Waals surface area contributed by atoms with Crippen LogP contribution < -0.4 is 5.73 Å². The molecule has 0 saturated carbocycles. The third kappa shape index (κ3) is 2.96. The number of hydrogen-bond donors (Lipinski definition) is 1. The van der Waals surface area contributed by atoms with Gasteiger partial charge in [0.1, 0.15) is 5.65 Å². The molecule has 0 unspecified atom stereocenters. The minimum Gasteiger partial charge on any atom is -0.398 e. The van der Waals surface area contributed by atoms with Gasteiger partial charge in [-0.15, -0.1) is 0 Å². The first-order valence-electron chi connectivity index (χ1n) is 8.87. The molecule has 0 aliphatic rings. The SMILES string of the molecule is Cc1c(-c2cccc(Cl)c2)nc2c(c(C)c(C)n2Cc2ccncc2)c1N. The van der Waals surface area contributed by atoms with Gasteiger partial charge in [-0.1, -0.05) is 23.7 Å². The molecule has 4 nitrogen and oxygen atoms in total. The highest BCUT2D eigenvalue weighted by atomic mass is 35.5. The summed E-state index contributed by atoms with van der Waals surface area (Å²) >= 11 is 6.20. The van der Waals surface area contributed by atoms with Gasteiger partial charge in [-0.2, -0.15) is 0 Å². The van der Waals surface area contributed by atoms with Gasteiger partial charge in [0.05, 0.1) is 5.69 Å². The predicted molar refractivity (Wildman–Crippen MR) is 112 cm³/mol. The van der Waals surface area contributed by atoms with Crippen LogP contribution in [0.1, 0.15) is 22.4 Å². The van der Waals surface area contributed by atoms with E-state index in [1.807, 2.05) is 55.7 Å². The number of anilines is 1. The molecule has 0 radical (unpaired) electrons. The van der Waals surface area contributed by atoms with Crippen molar-refractivity contribution in [2.45, 2.75) is 27.3 Å². The minimum absolute atomic E-state index is 0.687. The fourth-order valence-corrected chi connectivity index (χ4v) is 3.76. The number of fused-ring (bicyclic) bond motifs is 1. The van der Waals surface area contributed by atoms with Gasteiger partial charge < -0.3 is 10.3 Å². The summed E-state index contributed by atoms with van der Waals surface area (Å²) in [6.07, 6.45) is 3.62. The molecule has 0 bridgehead atoms. The van der Waals surface area contributed by atoms with E-state index in [-0.39, 0.29) is 0 Å². The van der Waals surface area contributed by atoms with E-state index in [1.54, 1.807) is 0 Å². The maximum Gasteiger partial charge on any atom is 0.143 e. The molecule has 0 amide bonds. The Hall–Kier alpha value is -2.85. The van der Waals surface area contributed by atoms with E-state index in [0.717, 1.165) is 40.1 Å². The smallest absolute Gasteiger partial charge is 0.143 e. The second-order valence-electron chi connectivity index (χ2n) is 6.86. The maximum atomic E-state index is 6.57. The van der Waals surface area contributed by atoms with Gasteiger partial charge in [0, 0.05) is 46.3 Å². The predicted octanol–water partition coefficient (Wildman–Crippen LogP) is 5.31. The monoisotopic (exact) mass is 376 g/mol. The van der Waals surface area contributed by atoms with Gasteiger partial charge in [0.2, 0.25) is 0 Å². The van der Waals surface area contributed by atoms with Crippen LogP contribution in [0.5, 0.6) is 0 Å². The average Bonchev–Trinajstić information content (AvgIpc) is 2.90. The van der Waals surface area contributed by atoms with Crippen LogP contribution in [0.2, 0.25) is 5.02 Å². The zero-order valence-corrected chi connectivity index (χ0v) is 16.4. The van der Waals surface area contributed by atoms with Crippen molar-refractivity contribution in [3.05, 3.63) is 76.2 Å². The van der Waals surface area contributed by atoms with Crippen molar-refractivity contribution in [2.75, 3.05) is 5.73 Å². The van der Waals surface area contributed by atoms with Crippen LogP contribution in [0.25, 0.3) is 22.3 Å². The van der Waals surface area contributed by atoms with Crippen LogP contribution in [0.4, 0.5) is 5.69 Å². The van der Waals surface area contributed by atoms with Crippen LogP contribution in [-0.4, -0.2) is 14.5 Å². The van der Waals surface area contributed by atoms with Crippen molar-refractivity contribution >= 4 is 28.3 Å². The molecule has 5 heteroatoms. The zero-order valence-electron chi connectivity index (χ0n) is 15.6. The molecule has 0 saturated heterocycles. The van der Waals surface area contributed by atoms with E-state index in [2.05, 4.69) is 23.4 Å². The molecule has 3 aromatic heterocycles. The van der Waals surface area contributed by atoms with E-state index in [4.69, 9.17) is 22.3 Å². The van der Waals surface area contributed by atoms with Crippen molar-refractivity contribution < 1.29 is 0 Å². The van der Waals surface area contributed by atoms with Crippen molar-refractivity contribution in [3.63, 3.8) is 0 Å². The number of benzene rings is 1. The molecule has 136 valence electrons. The highest BCUT2D eigenvalue weighted by Gasteiger charge is 2.19. The third-order valence-corrected chi connectivity index (χ3v) is 5.47. The van der Waals surface area contributed by atoms with E-state index >= 15 is 0 Å². The first-order chi connectivity index (χ1) is 13.0. The molecule has 3 heterocycles. The van der Waals surface area contributed by atoms with Gasteiger partial charge in [0.15, 0.2) is 0 Å². The minimum atomic E-state index is 0.687. The quantitative estimate of drug-likeness (QED) is 0.527. The molecule has 0 atom stereocenters. The largest absolute Gasteiger partial charge is 0.398 e. The Morgan fingerprint density at radius 2 is 1.78 bits per heavy atom. The summed E-state index contributed by atoms with van der Waals surface area (Å²) in [5.74, 6) is 0.